The van der Waals surface area contributed by atoms with Crippen molar-refractivity contribution in [1.82, 2.24) is 0 Å². The van der Waals surface area contributed by atoms with Crippen molar-refractivity contribution >= 4 is 11.9 Å². The highest BCUT2D eigenvalue weighted by Crippen LogP contribution is 1.87. The molecule has 0 unspecified atom stereocenters. The Morgan fingerprint density at radius 2 is 1.25 bits per heavy atom. The fraction of sp³-hybridized carbons (Fsp3) is 0.500. The molecule has 16 heavy (non-hydrogen) atoms. The fourth-order valence-corrected chi connectivity index (χ4v) is 0.754. The Kier molecular flexibility index (Phi) is 8.97. The first kappa shape index (κ1) is 14.4. The van der Waals surface area contributed by atoms with E-state index in [1.165, 1.54) is 0 Å². The third-order valence-electron chi connectivity index (χ3n) is 1.64. The predicted octanol–water partition coefficient (Wildman–Crippen LogP) is 2.01. The summed E-state index contributed by atoms with van der Waals surface area (Å²) < 4.78 is 9.62. The van der Waals surface area contributed by atoms with Crippen molar-refractivity contribution in [3.8, 4) is 0 Å². The molecule has 0 aliphatic carbocycles. The summed E-state index contributed by atoms with van der Waals surface area (Å²) in [6.45, 7) is 4.03. The van der Waals surface area contributed by atoms with Gasteiger partial charge in [-0.25, -0.2) is 0 Å². The molecule has 0 fully saturated rings. The molecule has 0 amide bonds. The van der Waals surface area contributed by atoms with Gasteiger partial charge < -0.3 is 9.47 Å². The summed E-state index contributed by atoms with van der Waals surface area (Å²) in [6.07, 6.45) is 7.68. The lowest BCUT2D eigenvalue weighted by Crippen LogP contribution is -2.01. The zero-order chi connectivity index (χ0) is 12.2. The average Bonchev–Trinajstić information content (AvgIpc) is 2.31. The standard InChI is InChI=1S/C12H18O4/c1-3-11(13)15-9-7-5-6-8-10-16-12(14)4-2/h5-8H,3-4,9-10H2,1-2H3/b7-5+,8-6+. The van der Waals surface area contributed by atoms with E-state index in [2.05, 4.69) is 0 Å². The Hall–Kier alpha value is -1.58. The van der Waals surface area contributed by atoms with Gasteiger partial charge in [-0.2, -0.15) is 0 Å². The molecule has 0 heterocycles. The van der Waals surface area contributed by atoms with Gasteiger partial charge in [-0.15, -0.1) is 0 Å². The largest absolute Gasteiger partial charge is 0.461 e. The lowest BCUT2D eigenvalue weighted by molar-refractivity contribution is -0.142. The highest BCUT2D eigenvalue weighted by atomic mass is 16.5. The first-order valence-electron chi connectivity index (χ1n) is 5.33. The molecule has 0 saturated heterocycles. The van der Waals surface area contributed by atoms with Crippen molar-refractivity contribution < 1.29 is 19.1 Å². The van der Waals surface area contributed by atoms with Crippen LogP contribution < -0.4 is 0 Å². The van der Waals surface area contributed by atoms with Crippen molar-refractivity contribution in [2.24, 2.45) is 0 Å². The van der Waals surface area contributed by atoms with E-state index in [1.54, 1.807) is 38.2 Å². The van der Waals surface area contributed by atoms with Crippen molar-refractivity contribution in [3.05, 3.63) is 24.3 Å². The predicted molar refractivity (Wildman–Crippen MR) is 60.8 cm³/mol. The van der Waals surface area contributed by atoms with Crippen LogP contribution in [0.15, 0.2) is 24.3 Å². The minimum Gasteiger partial charge on any atom is -0.461 e. The van der Waals surface area contributed by atoms with E-state index >= 15 is 0 Å². The second-order valence-corrected chi connectivity index (χ2v) is 2.93. The van der Waals surface area contributed by atoms with Crippen LogP contribution in [0.5, 0.6) is 0 Å². The average molecular weight is 226 g/mol. The Morgan fingerprint density at radius 3 is 1.56 bits per heavy atom. The van der Waals surface area contributed by atoms with Gasteiger partial charge in [0.05, 0.1) is 0 Å². The van der Waals surface area contributed by atoms with Crippen molar-refractivity contribution in [2.75, 3.05) is 13.2 Å². The Morgan fingerprint density at radius 1 is 0.875 bits per heavy atom. The molecule has 0 aliphatic heterocycles. The smallest absolute Gasteiger partial charge is 0.305 e. The maximum atomic E-state index is 10.7. The molecule has 0 bridgehead atoms. The van der Waals surface area contributed by atoms with Crippen LogP contribution in [0.3, 0.4) is 0 Å². The lowest BCUT2D eigenvalue weighted by Gasteiger charge is -1.97. The number of carbonyl (C=O) groups is 2. The van der Waals surface area contributed by atoms with Crippen molar-refractivity contribution in [1.29, 1.82) is 0 Å². The van der Waals surface area contributed by atoms with Crippen LogP contribution in [0.2, 0.25) is 0 Å². The van der Waals surface area contributed by atoms with Crippen LogP contribution in [-0.2, 0) is 19.1 Å². The summed E-state index contributed by atoms with van der Waals surface area (Å²) in [4.78, 5) is 21.4. The second-order valence-electron chi connectivity index (χ2n) is 2.93. The summed E-state index contributed by atoms with van der Waals surface area (Å²) in [5, 5.41) is 0. The number of rotatable bonds is 7. The van der Waals surface area contributed by atoms with Crippen LogP contribution in [0.25, 0.3) is 0 Å². The molecule has 0 atom stereocenters. The normalized spacial score (nSPS) is 10.9. The van der Waals surface area contributed by atoms with Crippen molar-refractivity contribution in [3.63, 3.8) is 0 Å². The SMILES string of the molecule is CCC(=O)OC/C=C/C=C/COC(=O)CC. The molecule has 0 aromatic heterocycles. The Bertz CT molecular complexity index is 238. The fourth-order valence-electron chi connectivity index (χ4n) is 0.754. The van der Waals surface area contributed by atoms with Gasteiger partial charge >= 0.3 is 11.9 Å². The first-order chi connectivity index (χ1) is 7.70. The van der Waals surface area contributed by atoms with Crippen LogP contribution in [0, 0.1) is 0 Å². The van der Waals surface area contributed by atoms with Crippen LogP contribution >= 0.6 is 0 Å². The van der Waals surface area contributed by atoms with E-state index < -0.39 is 0 Å². The number of hydrogen-bond donors (Lipinski definition) is 0. The lowest BCUT2D eigenvalue weighted by atomic mass is 10.4. The molecule has 0 rings (SSSR count). The van der Waals surface area contributed by atoms with Gasteiger partial charge in [-0.1, -0.05) is 26.0 Å². The minimum absolute atomic E-state index is 0.217. The molecule has 4 heteroatoms. The highest BCUT2D eigenvalue weighted by molar-refractivity contribution is 5.69. The van der Waals surface area contributed by atoms with E-state index in [0.717, 1.165) is 0 Å². The molecule has 0 aromatic carbocycles. The van der Waals surface area contributed by atoms with Gasteiger partial charge in [0.15, 0.2) is 0 Å². The molecule has 0 radical (unpaired) electrons. The Labute approximate surface area is 95.9 Å². The zero-order valence-electron chi connectivity index (χ0n) is 9.77. The van der Waals surface area contributed by atoms with Gasteiger partial charge in [0, 0.05) is 12.8 Å². The third-order valence-corrected chi connectivity index (χ3v) is 1.64. The second kappa shape index (κ2) is 9.96. The third kappa shape index (κ3) is 8.99. The molecule has 0 N–H and O–H groups in total. The van der Waals surface area contributed by atoms with Gasteiger partial charge in [0.2, 0.25) is 0 Å². The number of ether oxygens (including phenoxy) is 2. The first-order valence-corrected chi connectivity index (χ1v) is 5.33. The van der Waals surface area contributed by atoms with E-state index in [1.807, 2.05) is 0 Å². The minimum atomic E-state index is -0.217. The number of allylic oxidation sites excluding steroid dienone is 2. The van der Waals surface area contributed by atoms with E-state index in [4.69, 9.17) is 9.47 Å². The van der Waals surface area contributed by atoms with Crippen molar-refractivity contribution in [2.45, 2.75) is 26.7 Å². The molecule has 4 nitrogen and oxygen atoms in total. The summed E-state index contributed by atoms with van der Waals surface area (Å²) in [7, 11) is 0. The van der Waals surface area contributed by atoms with Gasteiger partial charge in [0.1, 0.15) is 13.2 Å². The number of hydrogen-bond acceptors (Lipinski definition) is 4. The quantitative estimate of drug-likeness (QED) is 0.492. The monoisotopic (exact) mass is 226 g/mol. The van der Waals surface area contributed by atoms with Crippen LogP contribution in [0.1, 0.15) is 26.7 Å². The molecule has 0 saturated carbocycles. The van der Waals surface area contributed by atoms with Gasteiger partial charge in [0.25, 0.3) is 0 Å². The molecular formula is C12H18O4. The molecule has 0 aliphatic rings. The van der Waals surface area contributed by atoms with E-state index in [9.17, 15) is 9.59 Å². The van der Waals surface area contributed by atoms with Gasteiger partial charge in [-0.3, -0.25) is 9.59 Å². The topological polar surface area (TPSA) is 52.6 Å². The van der Waals surface area contributed by atoms with E-state index in [0.29, 0.717) is 12.8 Å². The summed E-state index contributed by atoms with van der Waals surface area (Å²) in [5.74, 6) is -0.434. The number of carbonyl (C=O) groups excluding carboxylic acids is 2. The summed E-state index contributed by atoms with van der Waals surface area (Å²) in [5.41, 5.74) is 0. The zero-order valence-corrected chi connectivity index (χ0v) is 9.77. The summed E-state index contributed by atoms with van der Waals surface area (Å²) in [6, 6.07) is 0. The maximum absolute atomic E-state index is 10.7. The number of esters is 2. The molecular weight excluding hydrogens is 208 g/mol. The summed E-state index contributed by atoms with van der Waals surface area (Å²) >= 11 is 0. The molecule has 0 aromatic rings. The van der Waals surface area contributed by atoms with Gasteiger partial charge in [-0.05, 0) is 12.2 Å². The molecule has 90 valence electrons. The van der Waals surface area contributed by atoms with E-state index in [-0.39, 0.29) is 25.2 Å². The van der Waals surface area contributed by atoms with Crippen LogP contribution in [-0.4, -0.2) is 25.2 Å². The maximum Gasteiger partial charge on any atom is 0.305 e. The Balaban J connectivity index is 3.48. The highest BCUT2D eigenvalue weighted by Gasteiger charge is 1.94. The molecule has 0 spiro atoms. The van der Waals surface area contributed by atoms with Crippen LogP contribution in [0.4, 0.5) is 0 Å².